The van der Waals surface area contributed by atoms with Gasteiger partial charge in [0.05, 0.1) is 6.61 Å². The smallest absolute Gasteiger partial charge is 0.276 e. The SMILES string of the molecule is CCOc1ccc(-c2nc(-c3ccc(N)cc3)[nH]c2C(=O)Nc2nccs2)cc1. The Labute approximate surface area is 171 Å². The molecule has 146 valence electrons. The van der Waals surface area contributed by atoms with Gasteiger partial charge >= 0.3 is 0 Å². The van der Waals surface area contributed by atoms with E-state index in [1.807, 2.05) is 43.3 Å². The van der Waals surface area contributed by atoms with Gasteiger partial charge in [0, 0.05) is 28.4 Å². The Hall–Kier alpha value is -3.65. The standard InChI is InChI=1S/C21H19N5O2S/c1-2-28-16-9-5-13(6-10-16)17-18(20(27)26-21-23-11-12-29-21)25-19(24-17)14-3-7-15(22)8-4-14/h3-12H,2,22H2,1H3,(H,24,25)(H,23,26,27). The number of nitrogens with two attached hydrogens (primary N) is 1. The second-order valence-corrected chi connectivity index (χ2v) is 7.07. The van der Waals surface area contributed by atoms with Crippen LogP contribution in [0.4, 0.5) is 10.8 Å². The molecule has 0 aliphatic carbocycles. The molecular weight excluding hydrogens is 386 g/mol. The fourth-order valence-corrected chi connectivity index (χ4v) is 3.37. The number of ether oxygens (including phenoxy) is 1. The van der Waals surface area contributed by atoms with E-state index in [4.69, 9.17) is 15.5 Å². The summed E-state index contributed by atoms with van der Waals surface area (Å²) in [5.41, 5.74) is 8.98. The summed E-state index contributed by atoms with van der Waals surface area (Å²) >= 11 is 1.35. The Bertz CT molecular complexity index is 1100. The van der Waals surface area contributed by atoms with E-state index in [0.29, 0.717) is 34.6 Å². The second kappa shape index (κ2) is 8.15. The first-order chi connectivity index (χ1) is 14.1. The molecule has 4 aromatic rings. The third kappa shape index (κ3) is 4.12. The van der Waals surface area contributed by atoms with Crippen molar-refractivity contribution >= 4 is 28.1 Å². The largest absolute Gasteiger partial charge is 0.494 e. The number of anilines is 2. The van der Waals surface area contributed by atoms with Crippen LogP contribution in [0.5, 0.6) is 5.75 Å². The molecule has 2 heterocycles. The number of imidazole rings is 1. The monoisotopic (exact) mass is 405 g/mol. The van der Waals surface area contributed by atoms with Crippen LogP contribution in [0.1, 0.15) is 17.4 Å². The Morgan fingerprint density at radius 2 is 1.86 bits per heavy atom. The molecule has 1 amide bonds. The van der Waals surface area contributed by atoms with Gasteiger partial charge in [0.1, 0.15) is 23.0 Å². The van der Waals surface area contributed by atoms with E-state index < -0.39 is 0 Å². The molecular formula is C21H19N5O2S. The van der Waals surface area contributed by atoms with Gasteiger partial charge in [-0.15, -0.1) is 11.3 Å². The summed E-state index contributed by atoms with van der Waals surface area (Å²) < 4.78 is 5.50. The van der Waals surface area contributed by atoms with E-state index in [-0.39, 0.29) is 5.91 Å². The lowest BCUT2D eigenvalue weighted by atomic mass is 10.1. The number of nitrogens with one attached hydrogen (secondary N) is 2. The number of nitrogens with zero attached hydrogens (tertiary/aromatic N) is 2. The molecule has 29 heavy (non-hydrogen) atoms. The van der Waals surface area contributed by atoms with Crippen molar-refractivity contribution in [3.63, 3.8) is 0 Å². The molecule has 2 aromatic carbocycles. The summed E-state index contributed by atoms with van der Waals surface area (Å²) in [4.78, 5) is 24.9. The van der Waals surface area contributed by atoms with Gasteiger partial charge in [-0.2, -0.15) is 0 Å². The summed E-state index contributed by atoms with van der Waals surface area (Å²) in [6, 6.07) is 14.8. The molecule has 0 aliphatic heterocycles. The van der Waals surface area contributed by atoms with Crippen LogP contribution in [0.25, 0.3) is 22.6 Å². The Balaban J connectivity index is 1.74. The van der Waals surface area contributed by atoms with Gasteiger partial charge in [-0.3, -0.25) is 10.1 Å². The quantitative estimate of drug-likeness (QED) is 0.411. The highest BCUT2D eigenvalue weighted by molar-refractivity contribution is 7.13. The summed E-state index contributed by atoms with van der Waals surface area (Å²) in [6.45, 7) is 2.52. The average molecular weight is 405 g/mol. The van der Waals surface area contributed by atoms with E-state index in [1.54, 1.807) is 23.7 Å². The van der Waals surface area contributed by atoms with E-state index >= 15 is 0 Å². The molecule has 4 N–H and O–H groups in total. The first-order valence-corrected chi connectivity index (χ1v) is 9.92. The molecule has 0 aliphatic rings. The van der Waals surface area contributed by atoms with Gasteiger partial charge < -0.3 is 15.5 Å². The molecule has 0 spiro atoms. The minimum Gasteiger partial charge on any atom is -0.494 e. The molecule has 7 nitrogen and oxygen atoms in total. The third-order valence-corrected chi connectivity index (χ3v) is 4.90. The van der Waals surface area contributed by atoms with Crippen molar-refractivity contribution in [3.05, 3.63) is 65.8 Å². The lowest BCUT2D eigenvalue weighted by Gasteiger charge is -2.05. The van der Waals surface area contributed by atoms with E-state index in [0.717, 1.165) is 16.9 Å². The zero-order valence-electron chi connectivity index (χ0n) is 15.7. The van der Waals surface area contributed by atoms with Gasteiger partial charge in [0.15, 0.2) is 5.13 Å². The maximum Gasteiger partial charge on any atom is 0.276 e. The number of carbonyl (C=O) groups is 1. The zero-order chi connectivity index (χ0) is 20.2. The van der Waals surface area contributed by atoms with Crippen LogP contribution in [0.3, 0.4) is 0 Å². The van der Waals surface area contributed by atoms with Crippen molar-refractivity contribution < 1.29 is 9.53 Å². The van der Waals surface area contributed by atoms with Gasteiger partial charge in [-0.1, -0.05) is 0 Å². The van der Waals surface area contributed by atoms with Crippen LogP contribution in [-0.4, -0.2) is 27.5 Å². The Morgan fingerprint density at radius 1 is 1.14 bits per heavy atom. The van der Waals surface area contributed by atoms with Crippen molar-refractivity contribution in [3.8, 4) is 28.4 Å². The number of hydrogen-bond acceptors (Lipinski definition) is 6. The Kier molecular flexibility index (Phi) is 5.26. The zero-order valence-corrected chi connectivity index (χ0v) is 16.5. The van der Waals surface area contributed by atoms with Gasteiger partial charge in [0.2, 0.25) is 0 Å². The van der Waals surface area contributed by atoms with Gasteiger partial charge in [0.25, 0.3) is 5.91 Å². The summed E-state index contributed by atoms with van der Waals surface area (Å²) in [5, 5.41) is 5.13. The third-order valence-electron chi connectivity index (χ3n) is 4.21. The summed E-state index contributed by atoms with van der Waals surface area (Å²) in [7, 11) is 0. The maximum atomic E-state index is 12.9. The number of hydrogen-bond donors (Lipinski definition) is 3. The molecule has 0 atom stereocenters. The number of H-pyrrole nitrogens is 1. The van der Waals surface area contributed by atoms with Gasteiger partial charge in [-0.05, 0) is 55.5 Å². The molecule has 0 unspecified atom stereocenters. The van der Waals surface area contributed by atoms with E-state index in [9.17, 15) is 4.79 Å². The van der Waals surface area contributed by atoms with E-state index in [2.05, 4.69) is 15.3 Å². The number of aromatic nitrogens is 3. The number of amides is 1. The highest BCUT2D eigenvalue weighted by Crippen LogP contribution is 2.29. The van der Waals surface area contributed by atoms with E-state index in [1.165, 1.54) is 11.3 Å². The second-order valence-electron chi connectivity index (χ2n) is 6.18. The summed E-state index contributed by atoms with van der Waals surface area (Å²) in [5.74, 6) is 1.04. The number of aromatic amines is 1. The summed E-state index contributed by atoms with van der Waals surface area (Å²) in [6.07, 6.45) is 1.64. The first-order valence-electron chi connectivity index (χ1n) is 9.04. The van der Waals surface area contributed by atoms with Crippen LogP contribution < -0.4 is 15.8 Å². The number of thiazole rings is 1. The van der Waals surface area contributed by atoms with Crippen LogP contribution in [0, 0.1) is 0 Å². The molecule has 2 aromatic heterocycles. The number of carbonyl (C=O) groups excluding carboxylic acids is 1. The molecule has 0 bridgehead atoms. The molecule has 8 heteroatoms. The van der Waals surface area contributed by atoms with Crippen LogP contribution in [-0.2, 0) is 0 Å². The van der Waals surface area contributed by atoms with Crippen molar-refractivity contribution in [1.29, 1.82) is 0 Å². The van der Waals surface area contributed by atoms with Crippen LogP contribution >= 0.6 is 11.3 Å². The number of nitrogen functional groups attached to an aromatic ring is 1. The van der Waals surface area contributed by atoms with Crippen molar-refractivity contribution in [1.82, 2.24) is 15.0 Å². The molecule has 0 radical (unpaired) electrons. The predicted molar refractivity (Wildman–Crippen MR) is 115 cm³/mol. The molecule has 0 saturated carbocycles. The Morgan fingerprint density at radius 3 is 2.52 bits per heavy atom. The number of rotatable bonds is 6. The van der Waals surface area contributed by atoms with Gasteiger partial charge in [-0.25, -0.2) is 9.97 Å². The fourth-order valence-electron chi connectivity index (χ4n) is 2.84. The predicted octanol–water partition coefficient (Wildman–Crippen LogP) is 4.43. The fraction of sp³-hybridized carbons (Fsp3) is 0.0952. The van der Waals surface area contributed by atoms with Crippen molar-refractivity contribution in [2.24, 2.45) is 0 Å². The topological polar surface area (TPSA) is 106 Å². The lowest BCUT2D eigenvalue weighted by molar-refractivity contribution is 0.102. The van der Waals surface area contributed by atoms with Crippen LogP contribution in [0.15, 0.2) is 60.1 Å². The minimum absolute atomic E-state index is 0.307. The molecule has 0 fully saturated rings. The molecule has 4 rings (SSSR count). The van der Waals surface area contributed by atoms with Crippen LogP contribution in [0.2, 0.25) is 0 Å². The van der Waals surface area contributed by atoms with Crippen molar-refractivity contribution in [2.75, 3.05) is 17.7 Å². The highest BCUT2D eigenvalue weighted by atomic mass is 32.1. The molecule has 0 saturated heterocycles. The minimum atomic E-state index is -0.307. The normalized spacial score (nSPS) is 10.7. The average Bonchev–Trinajstić information content (AvgIpc) is 3.39. The highest BCUT2D eigenvalue weighted by Gasteiger charge is 2.20. The first kappa shape index (κ1) is 18.7. The van der Waals surface area contributed by atoms with Crippen molar-refractivity contribution in [2.45, 2.75) is 6.92 Å². The maximum absolute atomic E-state index is 12.9. The lowest BCUT2D eigenvalue weighted by Crippen LogP contribution is -2.13. The number of benzene rings is 2.